The highest BCUT2D eigenvalue weighted by Gasteiger charge is 2.08. The fraction of sp³-hybridized carbons (Fsp3) is 0.0476. The van der Waals surface area contributed by atoms with Crippen LogP contribution in [-0.2, 0) is 6.54 Å². The van der Waals surface area contributed by atoms with Gasteiger partial charge < -0.3 is 10.6 Å². The van der Waals surface area contributed by atoms with E-state index in [-0.39, 0.29) is 5.91 Å². The standard InChI is InChI=1S/C21H18N6O/c28-21(24-17-6-2-1-3-7-17)16-5-4-8-18(13-16)23-14-19-25-20(27-26-19)15-9-11-22-12-10-15/h1-13,23H,14H2,(H,24,28)(H,25,26,27). The van der Waals surface area contributed by atoms with Crippen molar-refractivity contribution >= 4 is 17.3 Å². The van der Waals surface area contributed by atoms with Crippen LogP contribution in [0.2, 0.25) is 0 Å². The third-order valence-electron chi connectivity index (χ3n) is 4.09. The zero-order valence-corrected chi connectivity index (χ0v) is 15.0. The monoisotopic (exact) mass is 370 g/mol. The topological polar surface area (TPSA) is 95.6 Å². The lowest BCUT2D eigenvalue weighted by atomic mass is 10.2. The van der Waals surface area contributed by atoms with E-state index in [0.717, 1.165) is 16.9 Å². The molecule has 0 radical (unpaired) electrons. The van der Waals surface area contributed by atoms with Crippen LogP contribution in [0.25, 0.3) is 11.4 Å². The molecule has 1 amide bonds. The number of rotatable bonds is 6. The summed E-state index contributed by atoms with van der Waals surface area (Å²) in [6.07, 6.45) is 3.41. The lowest BCUT2D eigenvalue weighted by molar-refractivity contribution is 0.102. The molecule has 2 aromatic heterocycles. The Balaban J connectivity index is 1.40. The average Bonchev–Trinajstić information content (AvgIpc) is 3.23. The number of benzene rings is 2. The summed E-state index contributed by atoms with van der Waals surface area (Å²) >= 11 is 0. The quantitative estimate of drug-likeness (QED) is 0.481. The number of anilines is 2. The maximum absolute atomic E-state index is 12.4. The molecule has 0 fully saturated rings. The molecule has 0 unspecified atom stereocenters. The molecule has 7 nitrogen and oxygen atoms in total. The number of para-hydroxylation sites is 1. The van der Waals surface area contributed by atoms with Crippen LogP contribution >= 0.6 is 0 Å². The largest absolute Gasteiger partial charge is 0.378 e. The second kappa shape index (κ2) is 8.13. The molecule has 28 heavy (non-hydrogen) atoms. The molecule has 0 aliphatic carbocycles. The third kappa shape index (κ3) is 4.21. The van der Waals surface area contributed by atoms with E-state index in [2.05, 4.69) is 30.8 Å². The van der Waals surface area contributed by atoms with E-state index in [1.165, 1.54) is 0 Å². The van der Waals surface area contributed by atoms with Crippen molar-refractivity contribution in [2.24, 2.45) is 0 Å². The molecule has 0 bridgehead atoms. The zero-order valence-electron chi connectivity index (χ0n) is 15.0. The highest BCUT2D eigenvalue weighted by molar-refractivity contribution is 6.04. The first-order chi connectivity index (χ1) is 13.8. The minimum atomic E-state index is -0.158. The molecule has 2 heterocycles. The molecule has 0 spiro atoms. The number of nitrogens with zero attached hydrogens (tertiary/aromatic N) is 3. The Morgan fingerprint density at radius 2 is 1.71 bits per heavy atom. The summed E-state index contributed by atoms with van der Waals surface area (Å²) in [5.74, 6) is 1.16. The van der Waals surface area contributed by atoms with E-state index in [1.807, 2.05) is 54.6 Å². The van der Waals surface area contributed by atoms with Crippen molar-refractivity contribution in [2.45, 2.75) is 6.54 Å². The molecule has 0 saturated carbocycles. The van der Waals surface area contributed by atoms with Crippen molar-refractivity contribution in [3.63, 3.8) is 0 Å². The highest BCUT2D eigenvalue weighted by atomic mass is 16.1. The average molecular weight is 370 g/mol. The van der Waals surface area contributed by atoms with Crippen molar-refractivity contribution in [1.82, 2.24) is 20.2 Å². The molecule has 0 saturated heterocycles. The van der Waals surface area contributed by atoms with Crippen LogP contribution < -0.4 is 10.6 Å². The second-order valence-electron chi connectivity index (χ2n) is 6.10. The number of aromatic nitrogens is 4. The number of pyridine rings is 1. The van der Waals surface area contributed by atoms with E-state index in [4.69, 9.17) is 0 Å². The Morgan fingerprint density at radius 3 is 2.54 bits per heavy atom. The maximum Gasteiger partial charge on any atom is 0.255 e. The van der Waals surface area contributed by atoms with Crippen LogP contribution in [-0.4, -0.2) is 26.1 Å². The normalized spacial score (nSPS) is 10.4. The smallest absolute Gasteiger partial charge is 0.255 e. The molecule has 138 valence electrons. The minimum Gasteiger partial charge on any atom is -0.378 e. The first-order valence-electron chi connectivity index (χ1n) is 8.80. The van der Waals surface area contributed by atoms with Crippen molar-refractivity contribution in [3.8, 4) is 11.4 Å². The number of carbonyl (C=O) groups excluding carboxylic acids is 1. The van der Waals surface area contributed by atoms with E-state index in [0.29, 0.717) is 23.8 Å². The van der Waals surface area contributed by atoms with Crippen LogP contribution in [0.1, 0.15) is 16.2 Å². The fourth-order valence-corrected chi connectivity index (χ4v) is 2.69. The Hall–Kier alpha value is -4.00. The molecule has 7 heteroatoms. The van der Waals surface area contributed by atoms with Gasteiger partial charge >= 0.3 is 0 Å². The Kier molecular flexibility index (Phi) is 5.06. The van der Waals surface area contributed by atoms with Crippen molar-refractivity contribution in [3.05, 3.63) is 90.5 Å². The summed E-state index contributed by atoms with van der Waals surface area (Å²) in [5.41, 5.74) is 3.06. The van der Waals surface area contributed by atoms with Crippen molar-refractivity contribution in [1.29, 1.82) is 0 Å². The molecule has 4 aromatic rings. The van der Waals surface area contributed by atoms with Crippen LogP contribution in [0.3, 0.4) is 0 Å². The number of hydrogen-bond acceptors (Lipinski definition) is 5. The molecule has 0 aliphatic rings. The first-order valence-corrected chi connectivity index (χ1v) is 8.80. The van der Waals surface area contributed by atoms with Gasteiger partial charge in [-0.2, -0.15) is 5.10 Å². The van der Waals surface area contributed by atoms with Crippen LogP contribution in [0, 0.1) is 0 Å². The Bertz CT molecular complexity index is 1060. The van der Waals surface area contributed by atoms with Crippen molar-refractivity contribution < 1.29 is 4.79 Å². The lowest BCUT2D eigenvalue weighted by Crippen LogP contribution is -2.12. The summed E-state index contributed by atoms with van der Waals surface area (Å²) < 4.78 is 0. The van der Waals surface area contributed by atoms with Gasteiger partial charge in [0, 0.05) is 34.9 Å². The van der Waals surface area contributed by atoms with Gasteiger partial charge in [-0.3, -0.25) is 14.9 Å². The zero-order chi connectivity index (χ0) is 19.2. The summed E-state index contributed by atoms with van der Waals surface area (Å²) in [5, 5.41) is 13.3. The van der Waals surface area contributed by atoms with Gasteiger partial charge in [-0.05, 0) is 42.5 Å². The van der Waals surface area contributed by atoms with Crippen LogP contribution in [0.5, 0.6) is 0 Å². The maximum atomic E-state index is 12.4. The van der Waals surface area contributed by atoms with E-state index in [1.54, 1.807) is 24.5 Å². The number of aromatic amines is 1. The van der Waals surface area contributed by atoms with Crippen molar-refractivity contribution in [2.75, 3.05) is 10.6 Å². The molecule has 0 atom stereocenters. The molecular formula is C21H18N6O. The highest BCUT2D eigenvalue weighted by Crippen LogP contribution is 2.16. The van der Waals surface area contributed by atoms with Gasteiger partial charge in [0.25, 0.3) is 5.91 Å². The fourth-order valence-electron chi connectivity index (χ4n) is 2.69. The van der Waals surface area contributed by atoms with Gasteiger partial charge in [-0.15, -0.1) is 0 Å². The molecule has 4 rings (SSSR count). The molecule has 3 N–H and O–H groups in total. The number of nitrogens with one attached hydrogen (secondary N) is 3. The van der Waals surface area contributed by atoms with Crippen LogP contribution in [0.4, 0.5) is 11.4 Å². The number of amides is 1. The Labute approximate surface area is 161 Å². The molecular weight excluding hydrogens is 352 g/mol. The second-order valence-corrected chi connectivity index (χ2v) is 6.10. The van der Waals surface area contributed by atoms with E-state index < -0.39 is 0 Å². The Morgan fingerprint density at radius 1 is 0.929 bits per heavy atom. The number of carbonyl (C=O) groups is 1. The number of hydrogen-bond donors (Lipinski definition) is 3. The van der Waals surface area contributed by atoms with Crippen LogP contribution in [0.15, 0.2) is 79.1 Å². The van der Waals surface area contributed by atoms with Gasteiger partial charge in [-0.1, -0.05) is 24.3 Å². The van der Waals surface area contributed by atoms with E-state index in [9.17, 15) is 4.79 Å². The predicted molar refractivity (Wildman–Crippen MR) is 108 cm³/mol. The summed E-state index contributed by atoms with van der Waals surface area (Å²) in [6.45, 7) is 0.460. The summed E-state index contributed by atoms with van der Waals surface area (Å²) in [4.78, 5) is 20.9. The summed E-state index contributed by atoms with van der Waals surface area (Å²) in [7, 11) is 0. The van der Waals surface area contributed by atoms with E-state index >= 15 is 0 Å². The minimum absolute atomic E-state index is 0.158. The van der Waals surface area contributed by atoms with Gasteiger partial charge in [0.05, 0.1) is 6.54 Å². The first kappa shape index (κ1) is 17.4. The summed E-state index contributed by atoms with van der Waals surface area (Å²) in [6, 6.07) is 20.4. The lowest BCUT2D eigenvalue weighted by Gasteiger charge is -2.08. The van der Waals surface area contributed by atoms with Gasteiger partial charge in [-0.25, -0.2) is 4.98 Å². The molecule has 0 aliphatic heterocycles. The van der Waals surface area contributed by atoms with Gasteiger partial charge in [0.2, 0.25) is 0 Å². The SMILES string of the molecule is O=C(Nc1ccccc1)c1cccc(NCc2nc(-c3ccncc3)n[nH]2)c1. The van der Waals surface area contributed by atoms with Gasteiger partial charge in [0.15, 0.2) is 5.82 Å². The predicted octanol–water partition coefficient (Wildman–Crippen LogP) is 3.73. The molecule has 2 aromatic carbocycles. The number of H-pyrrole nitrogens is 1. The van der Waals surface area contributed by atoms with Gasteiger partial charge in [0.1, 0.15) is 5.82 Å². The third-order valence-corrected chi connectivity index (χ3v) is 4.09.